The summed E-state index contributed by atoms with van der Waals surface area (Å²) in [4.78, 5) is 36.5. The third kappa shape index (κ3) is 4.89. The number of aromatic nitrogens is 2. The van der Waals surface area contributed by atoms with Crippen molar-refractivity contribution in [1.29, 1.82) is 0 Å². The molecule has 0 unspecified atom stereocenters. The number of methoxy groups -OCH3 is 1. The van der Waals surface area contributed by atoms with Crippen LogP contribution in [0.4, 0.5) is 5.82 Å². The molecule has 4 aromatic rings. The van der Waals surface area contributed by atoms with Crippen molar-refractivity contribution in [3.05, 3.63) is 83.6 Å². The first-order chi connectivity index (χ1) is 18.0. The molecule has 0 N–H and O–H groups in total. The number of furan rings is 1. The predicted octanol–water partition coefficient (Wildman–Crippen LogP) is 3.73. The van der Waals surface area contributed by atoms with Crippen LogP contribution in [0.2, 0.25) is 0 Å². The minimum absolute atomic E-state index is 0.0532. The molecule has 1 fully saturated rings. The summed E-state index contributed by atoms with van der Waals surface area (Å²) in [6, 6.07) is 15.1. The number of rotatable bonds is 7. The Morgan fingerprint density at radius 3 is 2.32 bits per heavy atom. The maximum atomic E-state index is 13.4. The molecule has 9 heteroatoms. The highest BCUT2D eigenvalue weighted by atomic mass is 16.5. The Labute approximate surface area is 215 Å². The number of hydrogen-bond acceptors (Lipinski definition) is 6. The van der Waals surface area contributed by atoms with Crippen molar-refractivity contribution in [2.45, 2.75) is 19.9 Å². The summed E-state index contributed by atoms with van der Waals surface area (Å²) in [5.74, 6) is 1.92. The molecule has 0 saturated carbocycles. The van der Waals surface area contributed by atoms with Gasteiger partial charge in [0.1, 0.15) is 17.2 Å². The molecule has 0 spiro atoms. The molecule has 1 aliphatic rings. The molecule has 9 nitrogen and oxygen atoms in total. The highest BCUT2D eigenvalue weighted by Crippen LogP contribution is 2.25. The number of piperazine rings is 1. The Morgan fingerprint density at radius 1 is 1.00 bits per heavy atom. The summed E-state index contributed by atoms with van der Waals surface area (Å²) in [5, 5.41) is 0. The summed E-state index contributed by atoms with van der Waals surface area (Å²) in [5.41, 5.74) is 3.52. The summed E-state index contributed by atoms with van der Waals surface area (Å²) in [6.07, 6.45) is 4.15. The van der Waals surface area contributed by atoms with Crippen molar-refractivity contribution in [2.24, 2.45) is 0 Å². The van der Waals surface area contributed by atoms with Gasteiger partial charge in [-0.25, -0.2) is 4.98 Å². The van der Waals surface area contributed by atoms with Crippen LogP contribution in [0.15, 0.2) is 65.4 Å². The van der Waals surface area contributed by atoms with Gasteiger partial charge in [0.2, 0.25) is 0 Å². The Morgan fingerprint density at radius 2 is 1.70 bits per heavy atom. The van der Waals surface area contributed by atoms with Crippen molar-refractivity contribution in [3.63, 3.8) is 0 Å². The van der Waals surface area contributed by atoms with Crippen molar-refractivity contribution >= 4 is 23.3 Å². The lowest BCUT2D eigenvalue weighted by atomic mass is 10.2. The van der Waals surface area contributed by atoms with Gasteiger partial charge >= 0.3 is 0 Å². The normalized spacial score (nSPS) is 13.7. The fourth-order valence-corrected chi connectivity index (χ4v) is 4.78. The number of amides is 2. The molecule has 0 aliphatic carbocycles. The van der Waals surface area contributed by atoms with E-state index in [-0.39, 0.29) is 11.8 Å². The van der Waals surface area contributed by atoms with Gasteiger partial charge in [0.15, 0.2) is 5.76 Å². The highest BCUT2D eigenvalue weighted by Gasteiger charge is 2.27. The lowest BCUT2D eigenvalue weighted by Gasteiger charge is -2.34. The van der Waals surface area contributed by atoms with Gasteiger partial charge in [-0.2, -0.15) is 0 Å². The molecule has 192 valence electrons. The Balaban J connectivity index is 1.34. The summed E-state index contributed by atoms with van der Waals surface area (Å²) >= 11 is 0. The fourth-order valence-electron chi connectivity index (χ4n) is 4.78. The number of benzene rings is 1. The lowest BCUT2D eigenvalue weighted by Crippen LogP contribution is -2.50. The molecule has 0 bridgehead atoms. The van der Waals surface area contributed by atoms with Crippen molar-refractivity contribution in [1.82, 2.24) is 19.2 Å². The SMILES string of the molecule is CCc1nc2ccc(C(=O)N3CCN(C(=O)c4ccco4)CC3)cn2c1N(C)Cc1ccc(OC)cc1. The van der Waals surface area contributed by atoms with Crippen molar-refractivity contribution in [3.8, 4) is 5.75 Å². The zero-order chi connectivity index (χ0) is 25.9. The largest absolute Gasteiger partial charge is 0.497 e. The van der Waals surface area contributed by atoms with E-state index in [2.05, 4.69) is 24.0 Å². The molecule has 5 rings (SSSR count). The first-order valence-corrected chi connectivity index (χ1v) is 12.5. The molecule has 2 amide bonds. The van der Waals surface area contributed by atoms with Gasteiger partial charge in [0.05, 0.1) is 24.6 Å². The number of pyridine rings is 1. The van der Waals surface area contributed by atoms with E-state index in [9.17, 15) is 9.59 Å². The number of carbonyl (C=O) groups excluding carboxylic acids is 2. The minimum Gasteiger partial charge on any atom is -0.497 e. The number of imidazole rings is 1. The van der Waals surface area contributed by atoms with Crippen LogP contribution in [0.1, 0.15) is 39.1 Å². The Bertz CT molecular complexity index is 1390. The van der Waals surface area contributed by atoms with Crippen LogP contribution >= 0.6 is 0 Å². The van der Waals surface area contributed by atoms with E-state index in [4.69, 9.17) is 14.1 Å². The molecule has 4 heterocycles. The van der Waals surface area contributed by atoms with Gasteiger partial charge in [-0.05, 0) is 48.4 Å². The average molecular weight is 502 g/mol. The minimum atomic E-state index is -0.145. The van der Waals surface area contributed by atoms with Gasteiger partial charge in [0, 0.05) is 46.0 Å². The van der Waals surface area contributed by atoms with E-state index in [1.54, 1.807) is 29.0 Å². The molecule has 3 aromatic heterocycles. The van der Waals surface area contributed by atoms with Crippen LogP contribution in [-0.2, 0) is 13.0 Å². The standard InChI is InChI=1S/C28H31N5O4/c1-4-23-26(30(2)18-20-7-10-22(36-3)11-8-20)33-19-21(9-12-25(33)29-23)27(34)31-13-15-32(16-14-31)28(35)24-6-5-17-37-24/h5-12,17,19H,4,13-16,18H2,1-3H3. The van der Waals surface area contributed by atoms with E-state index < -0.39 is 0 Å². The number of ether oxygens (including phenoxy) is 1. The van der Waals surface area contributed by atoms with Gasteiger partial charge in [-0.15, -0.1) is 0 Å². The van der Waals surface area contributed by atoms with Gasteiger partial charge < -0.3 is 23.9 Å². The molecular weight excluding hydrogens is 470 g/mol. The second kappa shape index (κ2) is 10.4. The van der Waals surface area contributed by atoms with Crippen LogP contribution in [0.3, 0.4) is 0 Å². The van der Waals surface area contributed by atoms with Gasteiger partial charge in [-0.3, -0.25) is 14.0 Å². The number of hydrogen-bond donors (Lipinski definition) is 0. The van der Waals surface area contributed by atoms with Gasteiger partial charge in [0.25, 0.3) is 11.8 Å². The molecule has 1 saturated heterocycles. The molecule has 37 heavy (non-hydrogen) atoms. The zero-order valence-electron chi connectivity index (χ0n) is 21.4. The van der Waals surface area contributed by atoms with Gasteiger partial charge in [-0.1, -0.05) is 19.1 Å². The maximum absolute atomic E-state index is 13.4. The quantitative estimate of drug-likeness (QED) is 0.384. The topological polar surface area (TPSA) is 83.5 Å². The molecule has 0 radical (unpaired) electrons. The van der Waals surface area contributed by atoms with Crippen LogP contribution in [-0.4, -0.2) is 71.3 Å². The first-order valence-electron chi connectivity index (χ1n) is 12.5. The van der Waals surface area contributed by atoms with E-state index >= 15 is 0 Å². The number of aryl methyl sites for hydroxylation is 1. The van der Waals surface area contributed by atoms with E-state index in [1.807, 2.05) is 41.9 Å². The van der Waals surface area contributed by atoms with Crippen LogP contribution in [0.25, 0.3) is 5.65 Å². The average Bonchev–Trinajstić information content (AvgIpc) is 3.60. The Kier molecular flexibility index (Phi) is 6.85. The second-order valence-electron chi connectivity index (χ2n) is 9.15. The zero-order valence-corrected chi connectivity index (χ0v) is 21.4. The number of fused-ring (bicyclic) bond motifs is 1. The second-order valence-corrected chi connectivity index (χ2v) is 9.15. The summed E-state index contributed by atoms with van der Waals surface area (Å²) in [6.45, 7) is 4.65. The maximum Gasteiger partial charge on any atom is 0.289 e. The molecule has 1 aromatic carbocycles. The third-order valence-electron chi connectivity index (χ3n) is 6.77. The van der Waals surface area contributed by atoms with Crippen molar-refractivity contribution < 1.29 is 18.7 Å². The smallest absolute Gasteiger partial charge is 0.289 e. The number of nitrogens with zero attached hydrogens (tertiary/aromatic N) is 5. The van der Waals surface area contributed by atoms with Crippen LogP contribution in [0.5, 0.6) is 5.75 Å². The third-order valence-corrected chi connectivity index (χ3v) is 6.77. The van der Waals surface area contributed by atoms with Crippen molar-refractivity contribution in [2.75, 3.05) is 45.2 Å². The van der Waals surface area contributed by atoms with E-state index in [0.29, 0.717) is 44.0 Å². The predicted molar refractivity (Wildman–Crippen MR) is 140 cm³/mol. The first kappa shape index (κ1) is 24.4. The summed E-state index contributed by atoms with van der Waals surface area (Å²) in [7, 11) is 3.70. The lowest BCUT2D eigenvalue weighted by molar-refractivity contribution is 0.0518. The molecular formula is C28H31N5O4. The monoisotopic (exact) mass is 501 g/mol. The summed E-state index contributed by atoms with van der Waals surface area (Å²) < 4.78 is 12.5. The highest BCUT2D eigenvalue weighted by molar-refractivity contribution is 5.95. The van der Waals surface area contributed by atoms with E-state index in [1.165, 1.54) is 6.26 Å². The number of carbonyl (C=O) groups is 2. The molecule has 0 atom stereocenters. The fraction of sp³-hybridized carbons (Fsp3) is 0.321. The van der Waals surface area contributed by atoms with Crippen LogP contribution < -0.4 is 9.64 Å². The van der Waals surface area contributed by atoms with Crippen LogP contribution in [0, 0.1) is 0 Å². The van der Waals surface area contributed by atoms with E-state index in [0.717, 1.165) is 34.9 Å². The Hall–Kier alpha value is -4.27. The molecule has 1 aliphatic heterocycles. The number of anilines is 1.